The second kappa shape index (κ2) is 6.15. The maximum atomic E-state index is 8.88. The molecule has 0 aliphatic carbocycles. The molecule has 0 radical (unpaired) electrons. The van der Waals surface area contributed by atoms with E-state index >= 15 is 0 Å². The number of rotatable bonds is 1. The van der Waals surface area contributed by atoms with Crippen LogP contribution in [0.25, 0.3) is 0 Å². The highest BCUT2D eigenvalue weighted by Crippen LogP contribution is 2.25. The Morgan fingerprint density at radius 3 is 1.67 bits per heavy atom. The molecule has 6 N–H and O–H groups in total. The first-order chi connectivity index (χ1) is 3.91. The lowest BCUT2D eigenvalue weighted by atomic mass is 10.8. The highest BCUT2D eigenvalue weighted by Gasteiger charge is 2.00. The van der Waals surface area contributed by atoms with Crippen molar-refractivity contribution in [3.8, 4) is 0 Å². The molecule has 0 aromatic carbocycles. The van der Waals surface area contributed by atoms with Gasteiger partial charge in [0.25, 0.3) is 0 Å². The molecule has 0 aromatic heterocycles. The number of hydrazine groups is 1. The zero-order valence-electron chi connectivity index (χ0n) is 4.98. The van der Waals surface area contributed by atoms with Gasteiger partial charge in [0, 0.05) is 6.54 Å². The van der Waals surface area contributed by atoms with Crippen molar-refractivity contribution in [1.29, 1.82) is 0 Å². The molecule has 0 rings (SSSR count). The highest BCUT2D eigenvalue weighted by atomic mass is 31.2. The molecule has 0 saturated carbocycles. The molecule has 0 atom stereocenters. The minimum absolute atomic E-state index is 0.847. The summed E-state index contributed by atoms with van der Waals surface area (Å²) in [5.74, 6) is 4.78. The van der Waals surface area contributed by atoms with Gasteiger partial charge < -0.3 is 14.7 Å². The summed E-state index contributed by atoms with van der Waals surface area (Å²) >= 11 is 0. The average molecular weight is 158 g/mol. The number of phosphoric acid groups is 1. The van der Waals surface area contributed by atoms with Crippen LogP contribution in [0, 0.1) is 0 Å². The van der Waals surface area contributed by atoms with E-state index in [2.05, 4.69) is 5.43 Å². The van der Waals surface area contributed by atoms with Gasteiger partial charge in [0.05, 0.1) is 0 Å². The molecule has 0 unspecified atom stereocenters. The Hall–Kier alpha value is 0.0300. The summed E-state index contributed by atoms with van der Waals surface area (Å²) in [4.78, 5) is 21.6. The van der Waals surface area contributed by atoms with Crippen molar-refractivity contribution in [2.75, 3.05) is 6.54 Å². The van der Waals surface area contributed by atoms with Crippen molar-refractivity contribution in [3.05, 3.63) is 0 Å². The fraction of sp³-hybridized carbons (Fsp3) is 1.00. The van der Waals surface area contributed by atoms with E-state index in [0.29, 0.717) is 0 Å². The minimum Gasteiger partial charge on any atom is -0.303 e. The Balaban J connectivity index is 0. The third kappa shape index (κ3) is 275. The van der Waals surface area contributed by atoms with Crippen LogP contribution in [-0.2, 0) is 4.57 Å². The molecule has 0 saturated heterocycles. The minimum atomic E-state index is -4.64. The fourth-order valence-electron chi connectivity index (χ4n) is 0. The standard InChI is InChI=1S/C2H8N2.H3O4P/c1-2-4-3;1-5(2,3)4/h4H,2-3H2,1H3;(H3,1,2,3,4). The van der Waals surface area contributed by atoms with E-state index in [1.54, 1.807) is 0 Å². The van der Waals surface area contributed by atoms with Gasteiger partial charge in [0.2, 0.25) is 0 Å². The molecule has 0 aromatic rings. The Morgan fingerprint density at radius 2 is 1.67 bits per heavy atom. The number of nitrogens with one attached hydrogen (secondary N) is 1. The Morgan fingerprint density at radius 1 is 1.56 bits per heavy atom. The van der Waals surface area contributed by atoms with Crippen LogP contribution < -0.4 is 11.3 Å². The summed E-state index contributed by atoms with van der Waals surface area (Å²) in [5, 5.41) is 0. The van der Waals surface area contributed by atoms with Crippen LogP contribution in [-0.4, -0.2) is 21.2 Å². The Bertz CT molecular complexity index is 80.3. The summed E-state index contributed by atoms with van der Waals surface area (Å²) in [6.45, 7) is 2.79. The fourth-order valence-corrected chi connectivity index (χ4v) is 0. The van der Waals surface area contributed by atoms with Gasteiger partial charge in [-0.25, -0.2) is 4.57 Å². The SMILES string of the molecule is CCNN.O=P(O)(O)O. The topological polar surface area (TPSA) is 116 Å². The monoisotopic (exact) mass is 158 g/mol. The second-order valence-corrected chi connectivity index (χ2v) is 2.10. The first kappa shape index (κ1) is 11.8. The molecular formula is C2H11N2O4P. The zero-order valence-corrected chi connectivity index (χ0v) is 5.88. The predicted octanol–water partition coefficient (Wildman–Crippen LogP) is -1.46. The molecule has 0 aliphatic heterocycles. The van der Waals surface area contributed by atoms with Crippen molar-refractivity contribution in [2.24, 2.45) is 5.84 Å². The van der Waals surface area contributed by atoms with Crippen LogP contribution in [0.5, 0.6) is 0 Å². The van der Waals surface area contributed by atoms with Gasteiger partial charge >= 0.3 is 7.82 Å². The normalized spacial score (nSPS) is 9.89. The average Bonchev–Trinajstić information content (AvgIpc) is 1.61. The molecular weight excluding hydrogens is 147 g/mol. The number of hydrogen-bond acceptors (Lipinski definition) is 3. The maximum Gasteiger partial charge on any atom is 0.466 e. The summed E-state index contributed by atoms with van der Waals surface area (Å²) in [7, 11) is -4.64. The first-order valence-corrected chi connectivity index (χ1v) is 3.70. The van der Waals surface area contributed by atoms with E-state index < -0.39 is 7.82 Å². The van der Waals surface area contributed by atoms with Crippen molar-refractivity contribution in [2.45, 2.75) is 6.92 Å². The maximum absolute atomic E-state index is 8.88. The van der Waals surface area contributed by atoms with Gasteiger partial charge in [0.1, 0.15) is 0 Å². The molecule has 0 bridgehead atoms. The van der Waals surface area contributed by atoms with Gasteiger partial charge in [0.15, 0.2) is 0 Å². The van der Waals surface area contributed by atoms with E-state index in [4.69, 9.17) is 25.1 Å². The van der Waals surface area contributed by atoms with Gasteiger partial charge in [-0.3, -0.25) is 11.3 Å². The molecule has 6 nitrogen and oxygen atoms in total. The predicted molar refractivity (Wildman–Crippen MR) is 32.1 cm³/mol. The molecule has 0 spiro atoms. The first-order valence-electron chi connectivity index (χ1n) is 2.13. The van der Waals surface area contributed by atoms with Crippen LogP contribution >= 0.6 is 7.82 Å². The molecule has 0 aliphatic rings. The second-order valence-electron chi connectivity index (χ2n) is 1.07. The summed E-state index contributed by atoms with van der Waals surface area (Å²) in [5.41, 5.74) is 2.43. The third-order valence-corrected chi connectivity index (χ3v) is 0.204. The van der Waals surface area contributed by atoms with E-state index in [1.807, 2.05) is 6.92 Å². The van der Waals surface area contributed by atoms with Crippen LogP contribution in [0.15, 0.2) is 0 Å². The lowest BCUT2D eigenvalue weighted by Crippen LogP contribution is -2.20. The molecule has 0 amide bonds. The van der Waals surface area contributed by atoms with Crippen LogP contribution in [0.4, 0.5) is 0 Å². The Kier molecular flexibility index (Phi) is 8.06. The number of hydrogen-bond donors (Lipinski definition) is 5. The van der Waals surface area contributed by atoms with E-state index in [9.17, 15) is 0 Å². The molecule has 7 heteroatoms. The van der Waals surface area contributed by atoms with Gasteiger partial charge in [-0.15, -0.1) is 0 Å². The van der Waals surface area contributed by atoms with Crippen molar-refractivity contribution >= 4 is 7.82 Å². The third-order valence-electron chi connectivity index (χ3n) is 0.204. The lowest BCUT2D eigenvalue weighted by Gasteiger charge is -1.82. The van der Waals surface area contributed by atoms with E-state index in [1.165, 1.54) is 0 Å². The van der Waals surface area contributed by atoms with Crippen molar-refractivity contribution in [1.82, 2.24) is 5.43 Å². The van der Waals surface area contributed by atoms with Crippen molar-refractivity contribution < 1.29 is 19.2 Å². The number of nitrogens with two attached hydrogens (primary N) is 1. The Labute approximate surface area is 52.9 Å². The van der Waals surface area contributed by atoms with E-state index in [-0.39, 0.29) is 0 Å². The molecule has 0 fully saturated rings. The lowest BCUT2D eigenvalue weighted by molar-refractivity contribution is 0.275. The van der Waals surface area contributed by atoms with E-state index in [0.717, 1.165) is 6.54 Å². The van der Waals surface area contributed by atoms with Crippen LogP contribution in [0.3, 0.4) is 0 Å². The van der Waals surface area contributed by atoms with Crippen molar-refractivity contribution in [3.63, 3.8) is 0 Å². The molecule has 9 heavy (non-hydrogen) atoms. The molecule has 0 heterocycles. The van der Waals surface area contributed by atoms with Gasteiger partial charge in [-0.2, -0.15) is 0 Å². The van der Waals surface area contributed by atoms with Gasteiger partial charge in [-0.05, 0) is 0 Å². The molecule has 58 valence electrons. The highest BCUT2D eigenvalue weighted by molar-refractivity contribution is 7.45. The quantitative estimate of drug-likeness (QED) is 0.181. The smallest absolute Gasteiger partial charge is 0.303 e. The summed E-state index contributed by atoms with van der Waals surface area (Å²) in [6, 6.07) is 0. The largest absolute Gasteiger partial charge is 0.466 e. The summed E-state index contributed by atoms with van der Waals surface area (Å²) < 4.78 is 8.88. The summed E-state index contributed by atoms with van der Waals surface area (Å²) in [6.07, 6.45) is 0. The van der Waals surface area contributed by atoms with Crippen LogP contribution in [0.2, 0.25) is 0 Å². The zero-order chi connectivity index (χ0) is 7.91. The van der Waals surface area contributed by atoms with Crippen LogP contribution in [0.1, 0.15) is 6.92 Å². The van der Waals surface area contributed by atoms with Gasteiger partial charge in [-0.1, -0.05) is 6.92 Å².